The summed E-state index contributed by atoms with van der Waals surface area (Å²) >= 11 is 3.39. The molecule has 2 rings (SSSR count). The van der Waals surface area contributed by atoms with Gasteiger partial charge in [-0.25, -0.2) is 0 Å². The van der Waals surface area contributed by atoms with Crippen LogP contribution in [0.4, 0.5) is 0 Å². The lowest BCUT2D eigenvalue weighted by molar-refractivity contribution is -0.119. The van der Waals surface area contributed by atoms with Gasteiger partial charge in [0.15, 0.2) is 0 Å². The van der Waals surface area contributed by atoms with Gasteiger partial charge in [-0.05, 0) is 48.2 Å². The molecule has 20 heavy (non-hydrogen) atoms. The molecule has 1 atom stereocenters. The van der Waals surface area contributed by atoms with E-state index in [0.717, 1.165) is 16.5 Å². The highest BCUT2D eigenvalue weighted by Crippen LogP contribution is 2.24. The fourth-order valence-corrected chi connectivity index (χ4v) is 2.41. The summed E-state index contributed by atoms with van der Waals surface area (Å²) in [6.07, 6.45) is 1.43. The van der Waals surface area contributed by atoms with Crippen LogP contribution in [-0.4, -0.2) is 11.0 Å². The number of hydrogen-bond donors (Lipinski definition) is 2. The summed E-state index contributed by atoms with van der Waals surface area (Å²) in [6, 6.07) is 14.6. The summed E-state index contributed by atoms with van der Waals surface area (Å²) in [5.74, 6) is -0.489. The molecule has 1 amide bonds. The van der Waals surface area contributed by atoms with Crippen molar-refractivity contribution in [2.75, 3.05) is 0 Å². The third-order valence-electron chi connectivity index (χ3n) is 3.27. The van der Waals surface area contributed by atoms with Gasteiger partial charge in [-0.1, -0.05) is 40.2 Å². The number of rotatable bonds is 5. The lowest BCUT2D eigenvalue weighted by Gasteiger charge is -2.14. The van der Waals surface area contributed by atoms with Crippen LogP contribution in [0, 0.1) is 0 Å². The summed E-state index contributed by atoms with van der Waals surface area (Å²) < 4.78 is 1.03. The molecule has 0 bridgehead atoms. The SMILES string of the molecule is NC(=O)C(CCc1ccc(Br)cc1)c1ccc(O)cc1. The largest absolute Gasteiger partial charge is 0.508 e. The van der Waals surface area contributed by atoms with Gasteiger partial charge in [-0.15, -0.1) is 0 Å². The molecule has 0 fully saturated rings. The van der Waals surface area contributed by atoms with Crippen LogP contribution in [0.25, 0.3) is 0 Å². The molecule has 0 aliphatic heterocycles. The second kappa shape index (κ2) is 6.57. The highest BCUT2D eigenvalue weighted by molar-refractivity contribution is 9.10. The molecule has 4 heteroatoms. The van der Waals surface area contributed by atoms with E-state index < -0.39 is 0 Å². The maximum absolute atomic E-state index is 11.6. The van der Waals surface area contributed by atoms with Crippen molar-refractivity contribution >= 4 is 21.8 Å². The second-order valence-corrected chi connectivity index (χ2v) is 5.63. The molecule has 0 aliphatic rings. The number of aromatic hydroxyl groups is 1. The first-order chi connectivity index (χ1) is 9.56. The first kappa shape index (κ1) is 14.6. The topological polar surface area (TPSA) is 63.3 Å². The van der Waals surface area contributed by atoms with Crippen LogP contribution in [0.1, 0.15) is 23.5 Å². The minimum absolute atomic E-state index is 0.185. The number of primary amides is 1. The molecule has 0 radical (unpaired) electrons. The Morgan fingerprint density at radius 3 is 2.25 bits per heavy atom. The Labute approximate surface area is 126 Å². The molecule has 3 nitrogen and oxygen atoms in total. The van der Waals surface area contributed by atoms with E-state index >= 15 is 0 Å². The zero-order chi connectivity index (χ0) is 14.5. The molecular formula is C16H16BrNO2. The van der Waals surface area contributed by atoms with Gasteiger partial charge in [0.05, 0.1) is 5.92 Å². The molecular weight excluding hydrogens is 318 g/mol. The predicted molar refractivity (Wildman–Crippen MR) is 82.5 cm³/mol. The summed E-state index contributed by atoms with van der Waals surface area (Å²) in [5.41, 5.74) is 7.49. The zero-order valence-electron chi connectivity index (χ0n) is 10.9. The van der Waals surface area contributed by atoms with E-state index in [1.54, 1.807) is 24.3 Å². The number of benzene rings is 2. The Balaban J connectivity index is 2.08. The van der Waals surface area contributed by atoms with Crippen molar-refractivity contribution < 1.29 is 9.90 Å². The minimum atomic E-state index is -0.340. The molecule has 0 saturated heterocycles. The van der Waals surface area contributed by atoms with Crippen molar-refractivity contribution in [2.45, 2.75) is 18.8 Å². The first-order valence-corrected chi connectivity index (χ1v) is 7.18. The smallest absolute Gasteiger partial charge is 0.224 e. The van der Waals surface area contributed by atoms with Crippen molar-refractivity contribution in [1.82, 2.24) is 0 Å². The Bertz CT molecular complexity index is 578. The van der Waals surface area contributed by atoms with Gasteiger partial charge in [0.2, 0.25) is 5.91 Å². The summed E-state index contributed by atoms with van der Waals surface area (Å²) in [6.45, 7) is 0. The summed E-state index contributed by atoms with van der Waals surface area (Å²) in [7, 11) is 0. The van der Waals surface area contributed by atoms with Gasteiger partial charge in [-0.2, -0.15) is 0 Å². The molecule has 0 heterocycles. The van der Waals surface area contributed by atoms with E-state index in [4.69, 9.17) is 5.73 Å². The highest BCUT2D eigenvalue weighted by Gasteiger charge is 2.17. The first-order valence-electron chi connectivity index (χ1n) is 6.39. The van der Waals surface area contributed by atoms with E-state index in [9.17, 15) is 9.90 Å². The van der Waals surface area contributed by atoms with Gasteiger partial charge in [0, 0.05) is 4.47 Å². The fraction of sp³-hybridized carbons (Fsp3) is 0.188. The van der Waals surface area contributed by atoms with Crippen LogP contribution in [0.3, 0.4) is 0 Å². The molecule has 0 spiro atoms. The number of amides is 1. The van der Waals surface area contributed by atoms with E-state index in [2.05, 4.69) is 15.9 Å². The van der Waals surface area contributed by atoms with Gasteiger partial charge < -0.3 is 10.8 Å². The number of nitrogens with two attached hydrogens (primary N) is 1. The standard InChI is InChI=1S/C16H16BrNO2/c17-13-6-1-11(2-7-13)3-10-15(16(18)20)12-4-8-14(19)9-5-12/h1-2,4-9,15,19H,3,10H2,(H2,18,20). The number of carbonyl (C=O) groups is 1. The highest BCUT2D eigenvalue weighted by atomic mass is 79.9. The average molecular weight is 334 g/mol. The van der Waals surface area contributed by atoms with E-state index in [1.807, 2.05) is 24.3 Å². The summed E-state index contributed by atoms with van der Waals surface area (Å²) in [4.78, 5) is 11.6. The average Bonchev–Trinajstić information content (AvgIpc) is 2.43. The molecule has 0 aromatic heterocycles. The predicted octanol–water partition coefficient (Wildman–Crippen LogP) is 3.36. The number of aryl methyl sites for hydroxylation is 1. The number of phenols is 1. The molecule has 0 saturated carbocycles. The van der Waals surface area contributed by atoms with E-state index in [-0.39, 0.29) is 17.6 Å². The maximum atomic E-state index is 11.6. The molecule has 3 N–H and O–H groups in total. The van der Waals surface area contributed by atoms with Crippen LogP contribution in [-0.2, 0) is 11.2 Å². The number of phenolic OH excluding ortho intramolecular Hbond substituents is 1. The van der Waals surface area contributed by atoms with Crippen LogP contribution in [0.5, 0.6) is 5.75 Å². The normalized spacial score (nSPS) is 12.1. The Morgan fingerprint density at radius 1 is 1.10 bits per heavy atom. The summed E-state index contributed by atoms with van der Waals surface area (Å²) in [5, 5.41) is 9.29. The number of hydrogen-bond acceptors (Lipinski definition) is 2. The van der Waals surface area contributed by atoms with E-state index in [0.29, 0.717) is 6.42 Å². The molecule has 0 aliphatic carbocycles. The van der Waals surface area contributed by atoms with Crippen molar-refractivity contribution in [3.05, 3.63) is 64.1 Å². The van der Waals surface area contributed by atoms with Gasteiger partial charge in [0.25, 0.3) is 0 Å². The fourth-order valence-electron chi connectivity index (χ4n) is 2.14. The third-order valence-corrected chi connectivity index (χ3v) is 3.80. The van der Waals surface area contributed by atoms with Gasteiger partial charge in [0.1, 0.15) is 5.75 Å². The Morgan fingerprint density at radius 2 is 1.70 bits per heavy atom. The number of carbonyl (C=O) groups excluding carboxylic acids is 1. The molecule has 2 aromatic carbocycles. The van der Waals surface area contributed by atoms with Crippen LogP contribution in [0.2, 0.25) is 0 Å². The molecule has 1 unspecified atom stereocenters. The van der Waals surface area contributed by atoms with Crippen LogP contribution >= 0.6 is 15.9 Å². The quantitative estimate of drug-likeness (QED) is 0.881. The molecule has 104 valence electrons. The van der Waals surface area contributed by atoms with Crippen molar-refractivity contribution in [3.8, 4) is 5.75 Å². The minimum Gasteiger partial charge on any atom is -0.508 e. The van der Waals surface area contributed by atoms with E-state index in [1.165, 1.54) is 5.56 Å². The van der Waals surface area contributed by atoms with Gasteiger partial charge >= 0.3 is 0 Å². The second-order valence-electron chi connectivity index (χ2n) is 4.71. The third kappa shape index (κ3) is 3.84. The Kier molecular flexibility index (Phi) is 4.79. The maximum Gasteiger partial charge on any atom is 0.224 e. The van der Waals surface area contributed by atoms with Crippen molar-refractivity contribution in [3.63, 3.8) is 0 Å². The van der Waals surface area contributed by atoms with Crippen LogP contribution < -0.4 is 5.73 Å². The monoisotopic (exact) mass is 333 g/mol. The van der Waals surface area contributed by atoms with Gasteiger partial charge in [-0.3, -0.25) is 4.79 Å². The Hall–Kier alpha value is -1.81. The lowest BCUT2D eigenvalue weighted by Crippen LogP contribution is -2.22. The zero-order valence-corrected chi connectivity index (χ0v) is 12.5. The molecule has 2 aromatic rings. The number of halogens is 1. The van der Waals surface area contributed by atoms with Crippen molar-refractivity contribution in [1.29, 1.82) is 0 Å². The van der Waals surface area contributed by atoms with Crippen LogP contribution in [0.15, 0.2) is 53.0 Å². The van der Waals surface area contributed by atoms with Crippen molar-refractivity contribution in [2.24, 2.45) is 5.73 Å². The lowest BCUT2D eigenvalue weighted by atomic mass is 9.92.